The molecule has 2 aromatic rings. The number of pyridine rings is 1. The summed E-state index contributed by atoms with van der Waals surface area (Å²) in [6.07, 6.45) is 6.05. The Morgan fingerprint density at radius 2 is 2.07 bits per heavy atom. The van der Waals surface area contributed by atoms with Gasteiger partial charge in [0.1, 0.15) is 11.6 Å². The van der Waals surface area contributed by atoms with E-state index in [1.54, 1.807) is 0 Å². The van der Waals surface area contributed by atoms with Crippen LogP contribution in [-0.4, -0.2) is 50.3 Å². The number of nitrogens with one attached hydrogen (secondary N) is 2. The predicted octanol–water partition coefficient (Wildman–Crippen LogP) is 3.56. The second-order valence-corrected chi connectivity index (χ2v) is 7.84. The molecule has 6 nitrogen and oxygen atoms in total. The van der Waals surface area contributed by atoms with Gasteiger partial charge in [-0.25, -0.2) is 4.98 Å². The van der Waals surface area contributed by atoms with E-state index in [2.05, 4.69) is 69.7 Å². The smallest absolute Gasteiger partial charge is 0.191 e. The molecule has 3 rings (SSSR count). The molecule has 2 heterocycles. The Morgan fingerprint density at radius 3 is 2.77 bits per heavy atom. The number of anilines is 1. The van der Waals surface area contributed by atoms with Gasteiger partial charge in [0.25, 0.3) is 0 Å². The summed E-state index contributed by atoms with van der Waals surface area (Å²) < 4.78 is 5.73. The van der Waals surface area contributed by atoms with E-state index in [-0.39, 0.29) is 0 Å². The molecule has 1 aromatic heterocycles. The number of hydrogen-bond acceptors (Lipinski definition) is 4. The van der Waals surface area contributed by atoms with Crippen molar-refractivity contribution in [3.63, 3.8) is 0 Å². The minimum absolute atomic E-state index is 0.434. The number of piperidine rings is 1. The Hall–Kier alpha value is -2.76. The molecule has 6 heteroatoms. The molecule has 0 saturated carbocycles. The molecule has 1 aromatic carbocycles. The van der Waals surface area contributed by atoms with Crippen LogP contribution in [0.15, 0.2) is 47.6 Å². The van der Waals surface area contributed by atoms with Crippen LogP contribution >= 0.6 is 0 Å². The third-order valence-corrected chi connectivity index (χ3v) is 5.36. The van der Waals surface area contributed by atoms with Gasteiger partial charge in [-0.05, 0) is 61.9 Å². The Bertz CT molecular complexity index is 797. The summed E-state index contributed by atoms with van der Waals surface area (Å²) in [5.41, 5.74) is 2.47. The first-order chi connectivity index (χ1) is 14.7. The molecule has 1 fully saturated rings. The molecule has 0 spiro atoms. The number of rotatable bonds is 8. The highest BCUT2D eigenvalue weighted by Crippen LogP contribution is 2.18. The van der Waals surface area contributed by atoms with Crippen LogP contribution in [0.2, 0.25) is 0 Å². The maximum Gasteiger partial charge on any atom is 0.191 e. The van der Waals surface area contributed by atoms with Gasteiger partial charge in [-0.3, -0.25) is 4.99 Å². The molecule has 0 aliphatic carbocycles. The van der Waals surface area contributed by atoms with Crippen LogP contribution in [0.1, 0.15) is 37.3 Å². The van der Waals surface area contributed by atoms with Crippen molar-refractivity contribution in [3.05, 3.63) is 53.7 Å². The van der Waals surface area contributed by atoms with Crippen LogP contribution in [0, 0.1) is 6.92 Å². The lowest BCUT2D eigenvalue weighted by molar-refractivity contribution is 0.317. The van der Waals surface area contributed by atoms with Crippen molar-refractivity contribution in [3.8, 4) is 5.75 Å². The zero-order valence-corrected chi connectivity index (χ0v) is 18.5. The van der Waals surface area contributed by atoms with Gasteiger partial charge < -0.3 is 20.3 Å². The van der Waals surface area contributed by atoms with E-state index in [4.69, 9.17) is 4.74 Å². The van der Waals surface area contributed by atoms with Crippen molar-refractivity contribution in [1.29, 1.82) is 0 Å². The predicted molar refractivity (Wildman–Crippen MR) is 125 cm³/mol. The van der Waals surface area contributed by atoms with Gasteiger partial charge in [0.15, 0.2) is 5.96 Å². The Labute approximate surface area is 180 Å². The number of aryl methyl sites for hydroxylation is 1. The van der Waals surface area contributed by atoms with Crippen LogP contribution in [0.4, 0.5) is 5.82 Å². The Kier molecular flexibility index (Phi) is 8.36. The second kappa shape index (κ2) is 11.4. The van der Waals surface area contributed by atoms with Crippen molar-refractivity contribution >= 4 is 11.8 Å². The molecular formula is C24H35N5O. The molecule has 1 saturated heterocycles. The Morgan fingerprint density at radius 1 is 1.23 bits per heavy atom. The third-order valence-electron chi connectivity index (χ3n) is 5.36. The minimum Gasteiger partial charge on any atom is -0.494 e. The molecule has 30 heavy (non-hydrogen) atoms. The summed E-state index contributed by atoms with van der Waals surface area (Å²) >= 11 is 0. The maximum absolute atomic E-state index is 5.73. The first kappa shape index (κ1) is 21.9. The molecule has 1 aliphatic heterocycles. The fourth-order valence-electron chi connectivity index (χ4n) is 3.62. The van der Waals surface area contributed by atoms with E-state index in [0.29, 0.717) is 6.04 Å². The van der Waals surface area contributed by atoms with E-state index in [1.807, 2.05) is 19.3 Å². The topological polar surface area (TPSA) is 61.8 Å². The summed E-state index contributed by atoms with van der Waals surface area (Å²) in [6.45, 7) is 7.81. The lowest BCUT2D eigenvalue weighted by Gasteiger charge is -2.33. The van der Waals surface area contributed by atoms with Gasteiger partial charge in [0.05, 0.1) is 6.61 Å². The van der Waals surface area contributed by atoms with Crippen LogP contribution in [0.5, 0.6) is 5.75 Å². The standard InChI is InChI=1S/C24H35N5O/c1-4-16-30-22-7-5-6-20(17-22)10-13-26-24(25-3)28-21-11-14-29(15-12-21)23-9-8-19(2)18-27-23/h5-9,17-18,21H,4,10-16H2,1-3H3,(H2,25,26,28). The van der Waals surface area contributed by atoms with Gasteiger partial charge in [0.2, 0.25) is 0 Å². The summed E-state index contributed by atoms with van der Waals surface area (Å²) in [5.74, 6) is 2.90. The average molecular weight is 410 g/mol. The zero-order valence-electron chi connectivity index (χ0n) is 18.5. The number of benzene rings is 1. The van der Waals surface area contributed by atoms with Crippen molar-refractivity contribution in [1.82, 2.24) is 15.6 Å². The van der Waals surface area contributed by atoms with Crippen LogP contribution in [-0.2, 0) is 6.42 Å². The molecule has 0 amide bonds. The first-order valence-electron chi connectivity index (χ1n) is 11.0. The highest BCUT2D eigenvalue weighted by atomic mass is 16.5. The number of guanidine groups is 1. The molecule has 0 radical (unpaired) electrons. The number of hydrogen-bond donors (Lipinski definition) is 2. The molecular weight excluding hydrogens is 374 g/mol. The molecule has 1 aliphatic rings. The van der Waals surface area contributed by atoms with Crippen LogP contribution in [0.25, 0.3) is 0 Å². The van der Waals surface area contributed by atoms with Crippen LogP contribution in [0.3, 0.4) is 0 Å². The summed E-state index contributed by atoms with van der Waals surface area (Å²) in [4.78, 5) is 11.3. The van der Waals surface area contributed by atoms with Crippen LogP contribution < -0.4 is 20.3 Å². The molecule has 162 valence electrons. The fourth-order valence-corrected chi connectivity index (χ4v) is 3.62. The largest absolute Gasteiger partial charge is 0.494 e. The van der Waals surface area contributed by atoms with Gasteiger partial charge in [0, 0.05) is 38.9 Å². The minimum atomic E-state index is 0.434. The SMILES string of the molecule is CCCOc1cccc(CCNC(=NC)NC2CCN(c3ccc(C)cn3)CC2)c1. The Balaban J connectivity index is 1.40. The van der Waals surface area contributed by atoms with E-state index >= 15 is 0 Å². The lowest BCUT2D eigenvalue weighted by atomic mass is 10.1. The quantitative estimate of drug-likeness (QED) is 0.516. The van der Waals surface area contributed by atoms with Crippen molar-refractivity contribution in [2.45, 2.75) is 45.6 Å². The first-order valence-corrected chi connectivity index (χ1v) is 11.0. The average Bonchev–Trinajstić information content (AvgIpc) is 2.78. The number of aliphatic imine (C=N–C) groups is 1. The van der Waals surface area contributed by atoms with Crippen molar-refractivity contribution in [2.75, 3.05) is 38.2 Å². The molecule has 2 N–H and O–H groups in total. The molecule has 0 atom stereocenters. The molecule has 0 unspecified atom stereocenters. The zero-order chi connectivity index (χ0) is 21.2. The summed E-state index contributed by atoms with van der Waals surface area (Å²) in [7, 11) is 1.83. The van der Waals surface area contributed by atoms with E-state index in [1.165, 1.54) is 11.1 Å². The third kappa shape index (κ3) is 6.65. The van der Waals surface area contributed by atoms with Gasteiger partial charge in [-0.15, -0.1) is 0 Å². The number of ether oxygens (including phenoxy) is 1. The summed E-state index contributed by atoms with van der Waals surface area (Å²) in [6, 6.07) is 13.0. The molecule has 0 bridgehead atoms. The highest BCUT2D eigenvalue weighted by molar-refractivity contribution is 5.80. The van der Waals surface area contributed by atoms with Gasteiger partial charge in [-0.1, -0.05) is 25.1 Å². The number of nitrogens with zero attached hydrogens (tertiary/aromatic N) is 3. The maximum atomic E-state index is 5.73. The number of aromatic nitrogens is 1. The fraction of sp³-hybridized carbons (Fsp3) is 0.500. The van der Waals surface area contributed by atoms with Gasteiger partial charge in [-0.2, -0.15) is 0 Å². The highest BCUT2D eigenvalue weighted by Gasteiger charge is 2.20. The monoisotopic (exact) mass is 409 g/mol. The summed E-state index contributed by atoms with van der Waals surface area (Å²) in [5, 5.41) is 7.03. The normalized spacial score (nSPS) is 15.2. The van der Waals surface area contributed by atoms with E-state index in [0.717, 1.165) is 69.5 Å². The van der Waals surface area contributed by atoms with Crippen molar-refractivity contribution in [2.24, 2.45) is 4.99 Å². The van der Waals surface area contributed by atoms with E-state index in [9.17, 15) is 0 Å². The van der Waals surface area contributed by atoms with E-state index < -0.39 is 0 Å². The lowest BCUT2D eigenvalue weighted by Crippen LogP contribution is -2.49. The van der Waals surface area contributed by atoms with Crippen molar-refractivity contribution < 1.29 is 4.74 Å². The van der Waals surface area contributed by atoms with Gasteiger partial charge >= 0.3 is 0 Å². The second-order valence-electron chi connectivity index (χ2n) is 7.84.